The zero-order valence-corrected chi connectivity index (χ0v) is 16.8. The summed E-state index contributed by atoms with van der Waals surface area (Å²) >= 11 is 0. The Balaban J connectivity index is 1.63. The highest BCUT2D eigenvalue weighted by Gasteiger charge is 2.12. The topological polar surface area (TPSA) is 86.2 Å². The van der Waals surface area contributed by atoms with Gasteiger partial charge in [0.05, 0.1) is 17.1 Å². The highest BCUT2D eigenvalue weighted by atomic mass is 16.5. The molecule has 0 radical (unpaired) electrons. The second-order valence-corrected chi connectivity index (χ2v) is 6.81. The molecule has 0 atom stereocenters. The van der Waals surface area contributed by atoms with Gasteiger partial charge in [0, 0.05) is 18.3 Å². The minimum absolute atomic E-state index is 0.403. The van der Waals surface area contributed by atoms with Gasteiger partial charge in [0.25, 0.3) is 0 Å². The van der Waals surface area contributed by atoms with E-state index in [4.69, 9.17) is 9.47 Å². The van der Waals surface area contributed by atoms with Crippen LogP contribution < -0.4 is 14.8 Å². The molecule has 0 aliphatic heterocycles. The van der Waals surface area contributed by atoms with Crippen LogP contribution >= 0.6 is 0 Å². The number of ether oxygens (including phenoxy) is 2. The van der Waals surface area contributed by atoms with Crippen molar-refractivity contribution in [1.29, 1.82) is 0 Å². The molecule has 150 valence electrons. The van der Waals surface area contributed by atoms with Crippen LogP contribution in [0.3, 0.4) is 0 Å². The van der Waals surface area contributed by atoms with Crippen LogP contribution in [0.5, 0.6) is 17.2 Å². The van der Waals surface area contributed by atoms with Crippen molar-refractivity contribution in [1.82, 2.24) is 15.0 Å². The maximum atomic E-state index is 11.5. The number of carbonyl (C=O) groups excluding carboxylic acids is 1. The lowest BCUT2D eigenvalue weighted by molar-refractivity contribution is -0.131. The second kappa shape index (κ2) is 8.16. The van der Waals surface area contributed by atoms with Crippen LogP contribution in [0, 0.1) is 13.8 Å². The summed E-state index contributed by atoms with van der Waals surface area (Å²) in [5, 5.41) is 3.93. The Bertz CT molecular complexity index is 1220. The van der Waals surface area contributed by atoms with Gasteiger partial charge in [-0.05, 0) is 61.9 Å². The largest absolute Gasteiger partial charge is 0.455 e. The zero-order valence-electron chi connectivity index (χ0n) is 16.8. The lowest BCUT2D eigenvalue weighted by atomic mass is 10.1. The molecule has 30 heavy (non-hydrogen) atoms. The minimum Gasteiger partial charge on any atom is -0.455 e. The van der Waals surface area contributed by atoms with Crippen LogP contribution in [-0.4, -0.2) is 20.9 Å². The van der Waals surface area contributed by atoms with Gasteiger partial charge in [-0.25, -0.2) is 9.97 Å². The third-order valence-electron chi connectivity index (χ3n) is 4.43. The van der Waals surface area contributed by atoms with E-state index in [-0.39, 0.29) is 0 Å². The number of benzene rings is 2. The molecular formula is C23H20N4O3. The van der Waals surface area contributed by atoms with Crippen molar-refractivity contribution >= 4 is 28.4 Å². The van der Waals surface area contributed by atoms with Crippen molar-refractivity contribution in [2.45, 2.75) is 20.8 Å². The number of aromatic nitrogens is 3. The van der Waals surface area contributed by atoms with Crippen molar-refractivity contribution in [3.63, 3.8) is 0 Å². The van der Waals surface area contributed by atoms with E-state index < -0.39 is 5.97 Å². The molecule has 7 heteroatoms. The highest BCUT2D eigenvalue weighted by Crippen LogP contribution is 2.33. The Labute approximate surface area is 173 Å². The third-order valence-corrected chi connectivity index (χ3v) is 4.43. The average Bonchev–Trinajstić information content (AvgIpc) is 2.71. The first-order valence-corrected chi connectivity index (χ1v) is 9.40. The molecule has 7 nitrogen and oxygen atoms in total. The van der Waals surface area contributed by atoms with Crippen LogP contribution in [0.1, 0.15) is 18.2 Å². The van der Waals surface area contributed by atoms with Crippen LogP contribution in [0.15, 0.2) is 61.1 Å². The number of rotatable bonds is 5. The summed E-state index contributed by atoms with van der Waals surface area (Å²) in [5.74, 6) is 1.97. The van der Waals surface area contributed by atoms with E-state index in [2.05, 4.69) is 20.3 Å². The number of nitrogens with zero attached hydrogens (tertiary/aromatic N) is 3. The second-order valence-electron chi connectivity index (χ2n) is 6.81. The number of hydrogen-bond acceptors (Lipinski definition) is 7. The maximum absolute atomic E-state index is 11.5. The Hall–Kier alpha value is -4.00. The van der Waals surface area contributed by atoms with E-state index in [0.29, 0.717) is 28.2 Å². The van der Waals surface area contributed by atoms with Gasteiger partial charge in [-0.15, -0.1) is 0 Å². The fraction of sp³-hybridized carbons (Fsp3) is 0.130. The SMILES string of the molecule is CC(=O)Oc1cccc2ncnc(Nc3ccc(Oc4ccc(C)nc4)c(C)c3)c12. The zero-order chi connectivity index (χ0) is 21.1. The molecule has 4 rings (SSSR count). The van der Waals surface area contributed by atoms with Gasteiger partial charge < -0.3 is 14.8 Å². The summed E-state index contributed by atoms with van der Waals surface area (Å²) in [4.78, 5) is 24.3. The number of fused-ring (bicyclic) bond motifs is 1. The van der Waals surface area contributed by atoms with Gasteiger partial charge in [0.1, 0.15) is 29.4 Å². The molecule has 0 amide bonds. The quantitative estimate of drug-likeness (QED) is 0.368. The van der Waals surface area contributed by atoms with Gasteiger partial charge in [-0.1, -0.05) is 6.07 Å². The van der Waals surface area contributed by atoms with E-state index in [1.54, 1.807) is 18.3 Å². The first kappa shape index (κ1) is 19.3. The molecule has 0 unspecified atom stereocenters. The number of aryl methyl sites for hydroxylation is 2. The number of hydrogen-bond donors (Lipinski definition) is 1. The molecule has 2 aromatic heterocycles. The summed E-state index contributed by atoms with van der Waals surface area (Å²) in [6.07, 6.45) is 3.17. The standard InChI is InChI=1S/C23H20N4O3/c1-14-11-17(8-10-20(14)30-18-9-7-15(2)24-12-18)27-23-22-19(25-13-26-23)5-4-6-21(22)29-16(3)28/h4-13H,1-3H3,(H,25,26,27). The molecule has 1 N–H and O–H groups in total. The lowest BCUT2D eigenvalue weighted by Gasteiger charge is -2.13. The smallest absolute Gasteiger partial charge is 0.308 e. The molecule has 0 aliphatic carbocycles. The average molecular weight is 400 g/mol. The monoisotopic (exact) mass is 400 g/mol. The Kier molecular flexibility index (Phi) is 5.26. The van der Waals surface area contributed by atoms with E-state index in [0.717, 1.165) is 22.7 Å². The fourth-order valence-electron chi connectivity index (χ4n) is 3.03. The Morgan fingerprint density at radius 3 is 2.57 bits per heavy atom. The molecule has 2 aromatic carbocycles. The van der Waals surface area contributed by atoms with Crippen molar-refractivity contribution in [2.75, 3.05) is 5.32 Å². The van der Waals surface area contributed by atoms with E-state index >= 15 is 0 Å². The molecule has 4 aromatic rings. The van der Waals surface area contributed by atoms with Gasteiger partial charge in [-0.3, -0.25) is 9.78 Å². The molecule has 0 aliphatic rings. The van der Waals surface area contributed by atoms with Gasteiger partial charge in [0.2, 0.25) is 0 Å². The molecule has 2 heterocycles. The Morgan fingerprint density at radius 1 is 0.967 bits per heavy atom. The highest BCUT2D eigenvalue weighted by molar-refractivity contribution is 5.97. The normalized spacial score (nSPS) is 10.6. The summed E-state index contributed by atoms with van der Waals surface area (Å²) in [7, 11) is 0. The summed E-state index contributed by atoms with van der Waals surface area (Å²) in [6.45, 7) is 5.26. The van der Waals surface area contributed by atoms with Crippen molar-refractivity contribution in [3.8, 4) is 17.2 Å². The Morgan fingerprint density at radius 2 is 1.83 bits per heavy atom. The molecule has 0 fully saturated rings. The third kappa shape index (κ3) is 4.20. The summed E-state index contributed by atoms with van der Waals surface area (Å²) in [6, 6.07) is 14.9. The first-order chi connectivity index (χ1) is 14.5. The van der Waals surface area contributed by atoms with Crippen molar-refractivity contribution in [2.24, 2.45) is 0 Å². The number of pyridine rings is 1. The predicted octanol–water partition coefficient (Wildman–Crippen LogP) is 5.10. The van der Waals surface area contributed by atoms with Crippen LogP contribution in [0.4, 0.5) is 11.5 Å². The lowest BCUT2D eigenvalue weighted by Crippen LogP contribution is -2.04. The van der Waals surface area contributed by atoms with Crippen LogP contribution in [0.25, 0.3) is 10.9 Å². The molecule has 0 saturated carbocycles. The van der Waals surface area contributed by atoms with E-state index in [9.17, 15) is 4.79 Å². The van der Waals surface area contributed by atoms with Crippen molar-refractivity contribution < 1.29 is 14.3 Å². The van der Waals surface area contributed by atoms with Gasteiger partial charge in [-0.2, -0.15) is 0 Å². The number of carbonyl (C=O) groups is 1. The summed E-state index contributed by atoms with van der Waals surface area (Å²) < 4.78 is 11.3. The van der Waals surface area contributed by atoms with Gasteiger partial charge in [0.15, 0.2) is 0 Å². The first-order valence-electron chi connectivity index (χ1n) is 9.40. The van der Waals surface area contributed by atoms with E-state index in [1.165, 1.54) is 13.3 Å². The number of nitrogens with one attached hydrogen (secondary N) is 1. The molecule has 0 spiro atoms. The van der Waals surface area contributed by atoms with Crippen LogP contribution in [-0.2, 0) is 4.79 Å². The number of anilines is 2. The van der Waals surface area contributed by atoms with Crippen LogP contribution in [0.2, 0.25) is 0 Å². The number of esters is 1. The summed E-state index contributed by atoms with van der Waals surface area (Å²) in [5.41, 5.74) is 3.37. The molecule has 0 bridgehead atoms. The molecular weight excluding hydrogens is 380 g/mol. The minimum atomic E-state index is -0.403. The van der Waals surface area contributed by atoms with E-state index in [1.807, 2.05) is 50.2 Å². The van der Waals surface area contributed by atoms with Gasteiger partial charge >= 0.3 is 5.97 Å². The van der Waals surface area contributed by atoms with Crippen molar-refractivity contribution in [3.05, 3.63) is 72.3 Å². The fourth-order valence-corrected chi connectivity index (χ4v) is 3.03. The maximum Gasteiger partial charge on any atom is 0.308 e. The molecule has 0 saturated heterocycles. The predicted molar refractivity (Wildman–Crippen MR) is 114 cm³/mol.